The minimum absolute atomic E-state index is 0.443. The molecule has 0 N–H and O–H groups in total. The molecule has 0 unspecified atom stereocenters. The summed E-state index contributed by atoms with van der Waals surface area (Å²) in [6.07, 6.45) is 6.03. The van der Waals surface area contributed by atoms with Gasteiger partial charge in [-0.1, -0.05) is 146 Å². The van der Waals surface area contributed by atoms with Crippen LogP contribution in [0.1, 0.15) is 33.5 Å². The minimum Gasteiger partial charge on any atom is -0.313 e. The largest absolute Gasteiger partial charge is 0.313 e. The molecular formula is C50H34N2. The molecule has 244 valence electrons. The highest BCUT2D eigenvalue weighted by atomic mass is 15.0. The van der Waals surface area contributed by atoms with Gasteiger partial charge in [-0.2, -0.15) is 0 Å². The van der Waals surface area contributed by atoms with E-state index in [0.29, 0.717) is 0 Å². The highest BCUT2D eigenvalue weighted by Crippen LogP contribution is 2.64. The number of allylic oxidation sites excluding steroid dienone is 2. The summed E-state index contributed by atoms with van der Waals surface area (Å²) in [6, 6.07) is 58.7. The summed E-state index contributed by atoms with van der Waals surface area (Å²) >= 11 is 0. The third-order valence-electron chi connectivity index (χ3n) is 11.7. The number of aromatic nitrogens is 2. The quantitative estimate of drug-likeness (QED) is 0.166. The molecular weight excluding hydrogens is 629 g/mol. The van der Waals surface area contributed by atoms with Gasteiger partial charge in [0.2, 0.25) is 0 Å². The van der Waals surface area contributed by atoms with E-state index in [0.717, 1.165) is 11.4 Å². The molecule has 0 radical (unpaired) electrons. The molecule has 0 saturated heterocycles. The normalized spacial score (nSPS) is 13.6. The lowest BCUT2D eigenvalue weighted by molar-refractivity contribution is 0.797. The van der Waals surface area contributed by atoms with Crippen molar-refractivity contribution in [3.8, 4) is 33.6 Å². The predicted molar refractivity (Wildman–Crippen MR) is 218 cm³/mol. The van der Waals surface area contributed by atoms with Gasteiger partial charge >= 0.3 is 0 Å². The van der Waals surface area contributed by atoms with Crippen LogP contribution in [0, 0.1) is 6.92 Å². The Balaban J connectivity index is 1.22. The molecule has 9 aromatic rings. The van der Waals surface area contributed by atoms with Crippen molar-refractivity contribution < 1.29 is 0 Å². The number of hydrogen-bond acceptors (Lipinski definition) is 0. The van der Waals surface area contributed by atoms with Crippen LogP contribution < -0.4 is 0 Å². The van der Waals surface area contributed by atoms with Gasteiger partial charge in [0.1, 0.15) is 0 Å². The zero-order chi connectivity index (χ0) is 34.6. The van der Waals surface area contributed by atoms with Gasteiger partial charge in [-0.15, -0.1) is 0 Å². The third-order valence-corrected chi connectivity index (χ3v) is 11.7. The molecule has 0 atom stereocenters. The van der Waals surface area contributed by atoms with Gasteiger partial charge in [-0.25, -0.2) is 0 Å². The Morgan fingerprint density at radius 1 is 0.481 bits per heavy atom. The molecule has 2 aliphatic rings. The minimum atomic E-state index is -0.443. The lowest BCUT2D eigenvalue weighted by Gasteiger charge is -2.31. The lowest BCUT2D eigenvalue weighted by atomic mass is 9.70. The van der Waals surface area contributed by atoms with Crippen molar-refractivity contribution in [1.82, 2.24) is 9.13 Å². The monoisotopic (exact) mass is 662 g/mol. The second-order valence-corrected chi connectivity index (χ2v) is 14.1. The Bertz CT molecular complexity index is 2920. The Labute approximate surface area is 302 Å². The van der Waals surface area contributed by atoms with Gasteiger partial charge in [0.15, 0.2) is 0 Å². The molecule has 7 aromatic carbocycles. The molecule has 0 amide bonds. The van der Waals surface area contributed by atoms with Crippen molar-refractivity contribution in [2.24, 2.45) is 0 Å². The van der Waals surface area contributed by atoms with Gasteiger partial charge in [0.05, 0.1) is 22.0 Å². The third kappa shape index (κ3) is 3.58. The number of rotatable bonds is 4. The fraction of sp³-hybridized carbons (Fsp3) is 0.0400. The maximum atomic E-state index is 3.91. The van der Waals surface area contributed by atoms with Crippen LogP contribution in [0.2, 0.25) is 0 Å². The first kappa shape index (κ1) is 29.1. The first-order chi connectivity index (χ1) is 25.7. The summed E-state index contributed by atoms with van der Waals surface area (Å²) in [6.45, 7) is 6.12. The van der Waals surface area contributed by atoms with Crippen LogP contribution in [0.25, 0.3) is 72.4 Å². The predicted octanol–water partition coefficient (Wildman–Crippen LogP) is 12.6. The summed E-state index contributed by atoms with van der Waals surface area (Å²) in [4.78, 5) is 0. The van der Waals surface area contributed by atoms with E-state index < -0.39 is 5.41 Å². The topological polar surface area (TPSA) is 9.86 Å². The molecule has 2 heterocycles. The van der Waals surface area contributed by atoms with Crippen LogP contribution in [-0.4, -0.2) is 9.13 Å². The summed E-state index contributed by atoms with van der Waals surface area (Å²) < 4.78 is 4.91. The van der Waals surface area contributed by atoms with E-state index in [2.05, 4.69) is 186 Å². The molecule has 0 fully saturated rings. The number of hydrogen-bond donors (Lipinski definition) is 0. The smallest absolute Gasteiger partial charge is 0.0746 e. The highest BCUT2D eigenvalue weighted by molar-refractivity contribution is 6.14. The number of para-hydroxylation sites is 2. The van der Waals surface area contributed by atoms with Gasteiger partial charge in [-0.05, 0) is 82.3 Å². The molecule has 0 aliphatic heterocycles. The Morgan fingerprint density at radius 3 is 1.60 bits per heavy atom. The first-order valence-corrected chi connectivity index (χ1v) is 18.1. The maximum absolute atomic E-state index is 3.91. The van der Waals surface area contributed by atoms with Crippen molar-refractivity contribution in [2.75, 3.05) is 0 Å². The van der Waals surface area contributed by atoms with Crippen molar-refractivity contribution in [1.29, 1.82) is 0 Å². The van der Waals surface area contributed by atoms with Crippen LogP contribution in [0.3, 0.4) is 0 Å². The van der Waals surface area contributed by atoms with Gasteiger partial charge in [0.25, 0.3) is 0 Å². The van der Waals surface area contributed by atoms with E-state index in [4.69, 9.17) is 0 Å². The zero-order valence-electron chi connectivity index (χ0n) is 28.8. The summed E-state index contributed by atoms with van der Waals surface area (Å²) in [7, 11) is 0. The van der Waals surface area contributed by atoms with Crippen LogP contribution in [0.15, 0.2) is 176 Å². The second-order valence-electron chi connectivity index (χ2n) is 14.1. The first-order valence-electron chi connectivity index (χ1n) is 18.1. The van der Waals surface area contributed by atoms with Crippen LogP contribution in [-0.2, 0) is 5.41 Å². The molecule has 0 saturated carbocycles. The summed E-state index contributed by atoms with van der Waals surface area (Å²) in [5, 5.41) is 3.78. The molecule has 2 nitrogen and oxygen atoms in total. The fourth-order valence-electron chi connectivity index (χ4n) is 9.75. The molecule has 2 aromatic heterocycles. The average Bonchev–Trinajstić information content (AvgIpc) is 3.89. The van der Waals surface area contributed by atoms with E-state index >= 15 is 0 Å². The average molecular weight is 663 g/mol. The maximum Gasteiger partial charge on any atom is 0.0746 e. The Morgan fingerprint density at radius 2 is 0.981 bits per heavy atom. The molecule has 11 rings (SSSR count). The molecule has 52 heavy (non-hydrogen) atoms. The number of nitrogens with zero attached hydrogens (tertiary/aromatic N) is 2. The molecule has 1 spiro atoms. The van der Waals surface area contributed by atoms with Gasteiger partial charge < -0.3 is 9.13 Å². The molecule has 2 aliphatic carbocycles. The molecule has 0 bridgehead atoms. The summed E-state index contributed by atoms with van der Waals surface area (Å²) in [5.41, 5.74) is 18.7. The standard InChI is InChI=1S/C50H34N2/c1-3-4-15-35-32(2)51(46-24-13-8-19-39(35)46)33-26-28-34(29-27-33)52-47-25-14-9-20-40(47)42-31-30-41-38-18-7-12-23-45(38)50(48(41)49(42)52)43-21-10-5-16-36(43)37-17-6-11-22-44(37)50/h3-31H,1H2,2H3/b15-4-. The van der Waals surface area contributed by atoms with Crippen LogP contribution >= 0.6 is 0 Å². The van der Waals surface area contributed by atoms with Crippen molar-refractivity contribution >= 4 is 38.8 Å². The summed E-state index contributed by atoms with van der Waals surface area (Å²) in [5.74, 6) is 0. The number of fused-ring (bicyclic) bond motifs is 15. The second kappa shape index (κ2) is 10.7. The van der Waals surface area contributed by atoms with E-state index in [1.807, 2.05) is 12.2 Å². The van der Waals surface area contributed by atoms with Gasteiger partial charge in [-0.3, -0.25) is 0 Å². The van der Waals surface area contributed by atoms with E-state index in [9.17, 15) is 0 Å². The highest BCUT2D eigenvalue weighted by Gasteiger charge is 2.53. The van der Waals surface area contributed by atoms with Crippen molar-refractivity contribution in [3.63, 3.8) is 0 Å². The van der Waals surface area contributed by atoms with E-state index in [-0.39, 0.29) is 0 Å². The Kier molecular flexibility index (Phi) is 5.98. The SMILES string of the molecule is C=C/C=C\c1c(C)n(-c2ccc(-n3c4ccccc4c4ccc5c(c43)C3(c4ccccc4-c4ccccc43)c3ccccc3-5)cc2)c2ccccc12. The van der Waals surface area contributed by atoms with Crippen molar-refractivity contribution in [2.45, 2.75) is 12.3 Å². The fourth-order valence-corrected chi connectivity index (χ4v) is 9.75. The van der Waals surface area contributed by atoms with Crippen LogP contribution in [0.4, 0.5) is 0 Å². The van der Waals surface area contributed by atoms with Crippen molar-refractivity contribution in [3.05, 3.63) is 210 Å². The molecule has 2 heteroatoms. The van der Waals surface area contributed by atoms with E-state index in [1.165, 1.54) is 88.5 Å². The lowest BCUT2D eigenvalue weighted by Crippen LogP contribution is -2.26. The zero-order valence-corrected chi connectivity index (χ0v) is 28.8. The Hall–Kier alpha value is -6.64. The van der Waals surface area contributed by atoms with E-state index in [1.54, 1.807) is 0 Å². The van der Waals surface area contributed by atoms with Crippen LogP contribution in [0.5, 0.6) is 0 Å². The van der Waals surface area contributed by atoms with Gasteiger partial charge in [0, 0.05) is 44.4 Å². The number of benzene rings is 7.